The first-order chi connectivity index (χ1) is 16.0. The molecule has 4 aromatic rings. The number of phenols is 1. The molecule has 1 aliphatic heterocycles. The topological polar surface area (TPSA) is 69.1 Å². The van der Waals surface area contributed by atoms with Crippen LogP contribution in [0.2, 0.25) is 0 Å². The molecule has 0 saturated heterocycles. The molecule has 0 radical (unpaired) electrons. The van der Waals surface area contributed by atoms with Crippen molar-refractivity contribution >= 4 is 33.3 Å². The summed E-state index contributed by atoms with van der Waals surface area (Å²) in [6.07, 6.45) is 3.86. The molecule has 0 saturated carbocycles. The van der Waals surface area contributed by atoms with Gasteiger partial charge in [-0.1, -0.05) is 24.3 Å². The van der Waals surface area contributed by atoms with Crippen LogP contribution in [0.3, 0.4) is 0 Å². The van der Waals surface area contributed by atoms with E-state index < -0.39 is 0 Å². The monoisotopic (exact) mass is 460 g/mol. The molecule has 2 heterocycles. The van der Waals surface area contributed by atoms with E-state index in [0.29, 0.717) is 11.5 Å². The number of hydrazone groups is 1. The Morgan fingerprint density at radius 3 is 2.61 bits per heavy atom. The zero-order valence-electron chi connectivity index (χ0n) is 18.0. The SMILES string of the molecule is Cc1cc(F)ccc1-c1sc2cc(O)ccc2c1Oc1ccc(/C=C/C2=NNNN2C)cc1. The van der Waals surface area contributed by atoms with Crippen LogP contribution in [0.1, 0.15) is 11.1 Å². The maximum absolute atomic E-state index is 13.7. The molecule has 3 aromatic carbocycles. The number of amidine groups is 1. The molecule has 0 aliphatic carbocycles. The summed E-state index contributed by atoms with van der Waals surface area (Å²) < 4.78 is 21.0. The van der Waals surface area contributed by atoms with Crippen molar-refractivity contribution in [3.05, 3.63) is 83.7 Å². The average Bonchev–Trinajstić information content (AvgIpc) is 3.36. The van der Waals surface area contributed by atoms with Crippen LogP contribution in [-0.2, 0) is 0 Å². The van der Waals surface area contributed by atoms with Gasteiger partial charge in [0.15, 0.2) is 11.6 Å². The van der Waals surface area contributed by atoms with Gasteiger partial charge in [-0.25, -0.2) is 9.93 Å². The van der Waals surface area contributed by atoms with Crippen molar-refractivity contribution in [3.63, 3.8) is 0 Å². The zero-order valence-corrected chi connectivity index (χ0v) is 18.8. The maximum Gasteiger partial charge on any atom is 0.165 e. The van der Waals surface area contributed by atoms with Gasteiger partial charge in [-0.2, -0.15) is 0 Å². The van der Waals surface area contributed by atoms with E-state index in [-0.39, 0.29) is 11.6 Å². The average molecular weight is 461 g/mol. The van der Waals surface area contributed by atoms with E-state index in [4.69, 9.17) is 4.74 Å². The molecule has 5 rings (SSSR count). The third-order valence-corrected chi connectivity index (χ3v) is 6.48. The highest BCUT2D eigenvalue weighted by molar-refractivity contribution is 7.22. The third kappa shape index (κ3) is 4.26. The second kappa shape index (κ2) is 8.57. The van der Waals surface area contributed by atoms with Crippen molar-refractivity contribution in [1.82, 2.24) is 16.1 Å². The quantitative estimate of drug-likeness (QED) is 0.351. The van der Waals surface area contributed by atoms with Crippen LogP contribution in [0.4, 0.5) is 4.39 Å². The Bertz CT molecular complexity index is 1400. The van der Waals surface area contributed by atoms with Gasteiger partial charge >= 0.3 is 0 Å². The molecule has 8 heteroatoms. The number of rotatable bonds is 5. The summed E-state index contributed by atoms with van der Waals surface area (Å²) in [5.74, 6) is 2.05. The first-order valence-electron chi connectivity index (χ1n) is 10.3. The summed E-state index contributed by atoms with van der Waals surface area (Å²) in [5, 5.41) is 16.7. The third-order valence-electron chi connectivity index (χ3n) is 5.32. The highest BCUT2D eigenvalue weighted by Gasteiger charge is 2.18. The van der Waals surface area contributed by atoms with E-state index in [0.717, 1.165) is 37.5 Å². The number of hydrogen-bond acceptors (Lipinski definition) is 7. The van der Waals surface area contributed by atoms with Crippen molar-refractivity contribution < 1.29 is 14.2 Å². The van der Waals surface area contributed by atoms with E-state index in [2.05, 4.69) is 16.2 Å². The van der Waals surface area contributed by atoms with E-state index in [1.165, 1.54) is 23.5 Å². The van der Waals surface area contributed by atoms with Gasteiger partial charge in [0.25, 0.3) is 0 Å². The summed E-state index contributed by atoms with van der Waals surface area (Å²) in [7, 11) is 1.87. The van der Waals surface area contributed by atoms with Gasteiger partial charge in [-0.05, 0) is 72.2 Å². The molecule has 0 atom stereocenters. The number of nitrogens with zero attached hydrogens (tertiary/aromatic N) is 2. The molecule has 166 valence electrons. The van der Waals surface area contributed by atoms with Crippen LogP contribution < -0.4 is 15.8 Å². The first-order valence-corrected chi connectivity index (χ1v) is 11.1. The summed E-state index contributed by atoms with van der Waals surface area (Å²) in [6.45, 7) is 1.88. The fourth-order valence-corrected chi connectivity index (χ4v) is 4.85. The normalized spacial score (nSPS) is 13.5. The summed E-state index contributed by atoms with van der Waals surface area (Å²) in [4.78, 5) is 0.888. The van der Waals surface area contributed by atoms with Crippen LogP contribution in [0, 0.1) is 12.7 Å². The van der Waals surface area contributed by atoms with Crippen molar-refractivity contribution in [1.29, 1.82) is 0 Å². The Balaban J connectivity index is 1.48. The predicted octanol–water partition coefficient (Wildman–Crippen LogP) is 5.80. The predicted molar refractivity (Wildman–Crippen MR) is 131 cm³/mol. The lowest BCUT2D eigenvalue weighted by atomic mass is 10.1. The molecular weight excluding hydrogens is 439 g/mol. The van der Waals surface area contributed by atoms with Crippen molar-refractivity contribution in [2.75, 3.05) is 7.05 Å². The molecule has 3 N–H and O–H groups in total. The number of likely N-dealkylation sites (N-methyl/N-ethyl adjacent to an activating group) is 1. The Morgan fingerprint density at radius 2 is 1.88 bits per heavy atom. The standard InChI is InChI=1S/C25H21FN4O2S/c1-15-13-17(26)6-10-20(15)25-24(21-11-7-18(31)14-22(21)33-25)32-19-8-3-16(4-9-19)5-12-23-27-28-29-30(23)2/h3-14,28-29,31H,1-2H3/b12-5+. The minimum atomic E-state index is -0.276. The largest absolute Gasteiger partial charge is 0.508 e. The second-order valence-corrected chi connectivity index (χ2v) is 8.71. The fraction of sp³-hybridized carbons (Fsp3) is 0.0800. The van der Waals surface area contributed by atoms with E-state index >= 15 is 0 Å². The molecule has 6 nitrogen and oxygen atoms in total. The lowest BCUT2D eigenvalue weighted by Gasteiger charge is -2.10. The van der Waals surface area contributed by atoms with Gasteiger partial charge in [0.2, 0.25) is 0 Å². The van der Waals surface area contributed by atoms with Crippen LogP contribution in [0.15, 0.2) is 71.8 Å². The number of halogens is 1. The molecule has 0 spiro atoms. The number of aromatic hydroxyl groups is 1. The van der Waals surface area contributed by atoms with Crippen LogP contribution in [-0.4, -0.2) is 23.0 Å². The molecule has 33 heavy (non-hydrogen) atoms. The molecule has 0 bridgehead atoms. The fourth-order valence-electron chi connectivity index (χ4n) is 3.60. The summed E-state index contributed by atoms with van der Waals surface area (Å²) in [5.41, 5.74) is 8.27. The number of aryl methyl sites for hydroxylation is 1. The van der Waals surface area contributed by atoms with Crippen LogP contribution in [0.5, 0.6) is 17.2 Å². The Morgan fingerprint density at radius 1 is 1.06 bits per heavy atom. The Kier molecular flexibility index (Phi) is 5.45. The number of benzene rings is 3. The lowest BCUT2D eigenvalue weighted by Crippen LogP contribution is -2.36. The molecule has 0 amide bonds. The number of hydrogen-bond donors (Lipinski definition) is 3. The number of phenolic OH excluding ortho intramolecular Hbond substituents is 1. The molecule has 1 aromatic heterocycles. The smallest absolute Gasteiger partial charge is 0.165 e. The summed E-state index contributed by atoms with van der Waals surface area (Å²) >= 11 is 1.51. The number of nitrogens with one attached hydrogen (secondary N) is 2. The van der Waals surface area contributed by atoms with Gasteiger partial charge in [-0.3, -0.25) is 5.01 Å². The highest BCUT2D eigenvalue weighted by Crippen LogP contribution is 2.47. The Labute approximate surface area is 194 Å². The lowest BCUT2D eigenvalue weighted by molar-refractivity contribution is 0.349. The maximum atomic E-state index is 13.7. The molecule has 1 aliphatic rings. The Hall–Kier alpha value is -3.88. The number of thiophene rings is 1. The van der Waals surface area contributed by atoms with Gasteiger partial charge < -0.3 is 9.84 Å². The van der Waals surface area contributed by atoms with Crippen LogP contribution >= 0.6 is 11.3 Å². The van der Waals surface area contributed by atoms with Gasteiger partial charge in [0.1, 0.15) is 17.3 Å². The minimum absolute atomic E-state index is 0.191. The van der Waals surface area contributed by atoms with E-state index in [1.807, 2.05) is 56.5 Å². The second-order valence-electron chi connectivity index (χ2n) is 7.66. The van der Waals surface area contributed by atoms with Crippen molar-refractivity contribution in [3.8, 4) is 27.7 Å². The molecular formula is C25H21FN4O2S. The first kappa shape index (κ1) is 21.0. The van der Waals surface area contributed by atoms with E-state index in [1.54, 1.807) is 23.2 Å². The number of hydrazine groups is 2. The number of ether oxygens (including phenoxy) is 1. The highest BCUT2D eigenvalue weighted by atomic mass is 32.1. The van der Waals surface area contributed by atoms with Crippen molar-refractivity contribution in [2.45, 2.75) is 6.92 Å². The van der Waals surface area contributed by atoms with E-state index in [9.17, 15) is 9.50 Å². The summed E-state index contributed by atoms with van der Waals surface area (Å²) in [6, 6.07) is 17.7. The van der Waals surface area contributed by atoms with Gasteiger partial charge in [0.05, 0.1) is 4.88 Å². The zero-order chi connectivity index (χ0) is 22.9. The molecule has 0 fully saturated rings. The van der Waals surface area contributed by atoms with Gasteiger partial charge in [-0.15, -0.1) is 22.0 Å². The van der Waals surface area contributed by atoms with Crippen LogP contribution in [0.25, 0.3) is 26.6 Å². The minimum Gasteiger partial charge on any atom is -0.508 e. The van der Waals surface area contributed by atoms with Crippen molar-refractivity contribution in [2.24, 2.45) is 5.10 Å². The van der Waals surface area contributed by atoms with Gasteiger partial charge in [0, 0.05) is 17.1 Å². The number of fused-ring (bicyclic) bond motifs is 1. The molecule has 0 unspecified atom stereocenters.